The summed E-state index contributed by atoms with van der Waals surface area (Å²) in [5.74, 6) is -0.435. The molecule has 2 aliphatic rings. The average molecular weight is 399 g/mol. The fourth-order valence-corrected chi connectivity index (χ4v) is 5.33. The third kappa shape index (κ3) is 3.44. The van der Waals surface area contributed by atoms with Crippen LogP contribution >= 0.6 is 23.1 Å². The highest BCUT2D eigenvalue weighted by Gasteiger charge is 2.40. The van der Waals surface area contributed by atoms with Gasteiger partial charge >= 0.3 is 0 Å². The molecule has 2 aromatic rings. The van der Waals surface area contributed by atoms with Gasteiger partial charge in [-0.1, -0.05) is 19.9 Å². The number of benzene rings is 1. The van der Waals surface area contributed by atoms with E-state index in [1.165, 1.54) is 40.8 Å². The van der Waals surface area contributed by atoms with Gasteiger partial charge in [-0.05, 0) is 48.6 Å². The predicted octanol–water partition coefficient (Wildman–Crippen LogP) is 4.77. The first-order valence-electron chi connectivity index (χ1n) is 9.25. The normalized spacial score (nSPS) is 17.7. The molecule has 4 nitrogen and oxygen atoms in total. The van der Waals surface area contributed by atoms with Crippen LogP contribution in [0.2, 0.25) is 0 Å². The van der Waals surface area contributed by atoms with E-state index in [2.05, 4.69) is 4.90 Å². The number of thioether (sulfide) groups is 1. The zero-order valence-electron chi connectivity index (χ0n) is 15.5. The van der Waals surface area contributed by atoms with E-state index in [1.54, 1.807) is 0 Å². The van der Waals surface area contributed by atoms with Crippen molar-refractivity contribution in [2.24, 2.45) is 0 Å². The van der Waals surface area contributed by atoms with Gasteiger partial charge < -0.3 is 4.90 Å². The smallest absolute Gasteiger partial charge is 0.272 e. The highest BCUT2D eigenvalue weighted by molar-refractivity contribution is 8.04. The van der Waals surface area contributed by atoms with Crippen LogP contribution in [0.3, 0.4) is 0 Å². The second kappa shape index (κ2) is 7.52. The standard InChI is InChI=1S/C21H22N2O2S2/c1-14(2)27-19-18(17-6-5-13-26-17)20(24)23(21(19)25)16-9-7-15(8-10-16)22-11-3-4-12-22/h5-10,13-14H,3-4,11-12H2,1-2H3. The lowest BCUT2D eigenvalue weighted by atomic mass is 10.2. The Morgan fingerprint density at radius 2 is 1.63 bits per heavy atom. The third-order valence-corrected chi connectivity index (χ3v) is 6.71. The van der Waals surface area contributed by atoms with Crippen LogP contribution < -0.4 is 9.80 Å². The van der Waals surface area contributed by atoms with Crippen molar-refractivity contribution in [3.05, 3.63) is 51.6 Å². The number of hydrogen-bond donors (Lipinski definition) is 0. The summed E-state index contributed by atoms with van der Waals surface area (Å²) in [5, 5.41) is 2.16. The number of carbonyl (C=O) groups excluding carboxylic acids is 2. The summed E-state index contributed by atoms with van der Waals surface area (Å²) < 4.78 is 0. The number of rotatable bonds is 5. The van der Waals surface area contributed by atoms with E-state index in [4.69, 9.17) is 0 Å². The van der Waals surface area contributed by atoms with Gasteiger partial charge in [0.25, 0.3) is 11.8 Å². The summed E-state index contributed by atoms with van der Waals surface area (Å²) in [6, 6.07) is 11.6. The van der Waals surface area contributed by atoms with Crippen LogP contribution in [0.25, 0.3) is 5.57 Å². The van der Waals surface area contributed by atoms with Gasteiger partial charge in [-0.25, -0.2) is 4.90 Å². The van der Waals surface area contributed by atoms with Crippen molar-refractivity contribution in [1.29, 1.82) is 0 Å². The maximum Gasteiger partial charge on any atom is 0.272 e. The monoisotopic (exact) mass is 398 g/mol. The van der Waals surface area contributed by atoms with E-state index >= 15 is 0 Å². The van der Waals surface area contributed by atoms with Crippen LogP contribution in [-0.4, -0.2) is 30.2 Å². The van der Waals surface area contributed by atoms with E-state index in [0.29, 0.717) is 16.2 Å². The fourth-order valence-electron chi connectivity index (χ4n) is 3.52. The molecule has 0 atom stereocenters. The number of imide groups is 1. The lowest BCUT2D eigenvalue weighted by molar-refractivity contribution is -0.119. The molecule has 1 fully saturated rings. The molecule has 0 unspecified atom stereocenters. The molecule has 2 amide bonds. The fraction of sp³-hybridized carbons (Fsp3) is 0.333. The van der Waals surface area contributed by atoms with Gasteiger partial charge in [0.2, 0.25) is 0 Å². The van der Waals surface area contributed by atoms with Gasteiger partial charge in [0.05, 0.1) is 16.2 Å². The van der Waals surface area contributed by atoms with Crippen LogP contribution in [0.4, 0.5) is 11.4 Å². The summed E-state index contributed by atoms with van der Waals surface area (Å²) >= 11 is 2.96. The molecule has 0 bridgehead atoms. The zero-order valence-corrected chi connectivity index (χ0v) is 17.1. The molecular weight excluding hydrogens is 376 g/mol. The molecule has 1 aromatic carbocycles. The molecule has 6 heteroatoms. The van der Waals surface area contributed by atoms with E-state index in [0.717, 1.165) is 23.7 Å². The van der Waals surface area contributed by atoms with Gasteiger partial charge in [-0.3, -0.25) is 9.59 Å². The van der Waals surface area contributed by atoms with E-state index in [-0.39, 0.29) is 17.1 Å². The first-order chi connectivity index (χ1) is 13.1. The summed E-state index contributed by atoms with van der Waals surface area (Å²) in [6.45, 7) is 6.21. The van der Waals surface area contributed by atoms with Crippen LogP contribution in [-0.2, 0) is 9.59 Å². The Morgan fingerprint density at radius 1 is 0.963 bits per heavy atom. The van der Waals surface area contributed by atoms with E-state index in [1.807, 2.05) is 55.6 Å². The van der Waals surface area contributed by atoms with Crippen molar-refractivity contribution in [1.82, 2.24) is 0 Å². The Bertz CT molecular complexity index is 879. The Kier molecular flexibility index (Phi) is 5.10. The zero-order chi connectivity index (χ0) is 19.0. The van der Waals surface area contributed by atoms with Crippen molar-refractivity contribution in [2.75, 3.05) is 22.9 Å². The molecular formula is C21H22N2O2S2. The first kappa shape index (κ1) is 18.3. The Labute approximate surface area is 167 Å². The maximum absolute atomic E-state index is 13.2. The summed E-state index contributed by atoms with van der Waals surface area (Å²) in [7, 11) is 0. The average Bonchev–Trinajstić information content (AvgIpc) is 3.38. The first-order valence-corrected chi connectivity index (χ1v) is 11.0. The summed E-state index contributed by atoms with van der Waals surface area (Å²) in [6.07, 6.45) is 2.43. The second-order valence-electron chi connectivity index (χ2n) is 7.00. The lowest BCUT2D eigenvalue weighted by Crippen LogP contribution is -2.31. The highest BCUT2D eigenvalue weighted by Crippen LogP contribution is 2.41. The quantitative estimate of drug-likeness (QED) is 0.680. The molecule has 0 aliphatic carbocycles. The number of anilines is 2. The minimum atomic E-state index is -0.223. The predicted molar refractivity (Wildman–Crippen MR) is 114 cm³/mol. The van der Waals surface area contributed by atoms with Crippen LogP contribution in [0.15, 0.2) is 46.7 Å². The number of nitrogens with zero attached hydrogens (tertiary/aromatic N) is 2. The van der Waals surface area contributed by atoms with Crippen molar-refractivity contribution in [3.8, 4) is 0 Å². The lowest BCUT2D eigenvalue weighted by Gasteiger charge is -2.20. The summed E-state index contributed by atoms with van der Waals surface area (Å²) in [4.78, 5) is 31.4. The number of carbonyl (C=O) groups is 2. The SMILES string of the molecule is CC(C)SC1=C(c2cccs2)C(=O)N(c2ccc(N3CCCC3)cc2)C1=O. The molecule has 1 saturated heterocycles. The van der Waals surface area contributed by atoms with Crippen molar-refractivity contribution < 1.29 is 9.59 Å². The second-order valence-corrected chi connectivity index (χ2v) is 9.54. The molecule has 140 valence electrons. The molecule has 2 aliphatic heterocycles. The van der Waals surface area contributed by atoms with Gasteiger partial charge in [-0.2, -0.15) is 0 Å². The van der Waals surface area contributed by atoms with Gasteiger partial charge in [-0.15, -0.1) is 23.1 Å². The van der Waals surface area contributed by atoms with Crippen molar-refractivity contribution in [3.63, 3.8) is 0 Å². The largest absolute Gasteiger partial charge is 0.372 e. The Hall–Kier alpha value is -2.05. The van der Waals surface area contributed by atoms with Crippen molar-refractivity contribution >= 4 is 51.9 Å². The highest BCUT2D eigenvalue weighted by atomic mass is 32.2. The van der Waals surface area contributed by atoms with E-state index < -0.39 is 0 Å². The topological polar surface area (TPSA) is 40.6 Å². The van der Waals surface area contributed by atoms with Crippen LogP contribution in [0.5, 0.6) is 0 Å². The van der Waals surface area contributed by atoms with E-state index in [9.17, 15) is 9.59 Å². The number of thiophene rings is 1. The molecule has 1 aromatic heterocycles. The molecule has 0 spiro atoms. The number of amides is 2. The van der Waals surface area contributed by atoms with Gasteiger partial charge in [0.1, 0.15) is 0 Å². The molecule has 4 rings (SSSR count). The van der Waals surface area contributed by atoms with Gasteiger partial charge in [0.15, 0.2) is 0 Å². The molecule has 0 saturated carbocycles. The Morgan fingerprint density at radius 3 is 2.22 bits per heavy atom. The molecule has 0 radical (unpaired) electrons. The minimum Gasteiger partial charge on any atom is -0.372 e. The third-order valence-electron chi connectivity index (χ3n) is 4.74. The Balaban J connectivity index is 1.66. The minimum absolute atomic E-state index is 0.212. The molecule has 27 heavy (non-hydrogen) atoms. The molecule has 3 heterocycles. The number of hydrogen-bond acceptors (Lipinski definition) is 5. The molecule has 0 N–H and O–H groups in total. The van der Waals surface area contributed by atoms with Crippen LogP contribution in [0, 0.1) is 0 Å². The van der Waals surface area contributed by atoms with Gasteiger partial charge in [0, 0.05) is 28.9 Å². The van der Waals surface area contributed by atoms with Crippen molar-refractivity contribution in [2.45, 2.75) is 31.9 Å². The maximum atomic E-state index is 13.2. The summed E-state index contributed by atoms with van der Waals surface area (Å²) in [5.41, 5.74) is 2.33. The van der Waals surface area contributed by atoms with Crippen LogP contribution in [0.1, 0.15) is 31.6 Å².